The molecule has 0 radical (unpaired) electrons. The van der Waals surface area contributed by atoms with E-state index in [2.05, 4.69) is 26.0 Å². The van der Waals surface area contributed by atoms with Gasteiger partial charge in [-0.1, -0.05) is 26.0 Å². The van der Waals surface area contributed by atoms with Crippen LogP contribution in [0.1, 0.15) is 58.4 Å². The molecule has 2 amide bonds. The molecule has 1 atom stereocenters. The van der Waals surface area contributed by atoms with Crippen LogP contribution in [-0.4, -0.2) is 29.4 Å². The van der Waals surface area contributed by atoms with Gasteiger partial charge in [0.05, 0.1) is 6.10 Å². The molecule has 1 heterocycles. The summed E-state index contributed by atoms with van der Waals surface area (Å²) in [7, 11) is 0. The van der Waals surface area contributed by atoms with Crippen LogP contribution in [-0.2, 0) is 9.59 Å². The normalized spacial score (nSPS) is 16.5. The van der Waals surface area contributed by atoms with Crippen molar-refractivity contribution in [1.29, 1.82) is 0 Å². The number of benzene rings is 1. The van der Waals surface area contributed by atoms with Gasteiger partial charge < -0.3 is 4.74 Å². The third kappa shape index (κ3) is 4.57. The van der Waals surface area contributed by atoms with Gasteiger partial charge in [-0.15, -0.1) is 0 Å². The number of hydrogen-bond donors (Lipinski definition) is 0. The Morgan fingerprint density at radius 1 is 1.00 bits per heavy atom. The number of rotatable bonds is 7. The van der Waals surface area contributed by atoms with Crippen LogP contribution >= 0.6 is 0 Å². The lowest BCUT2D eigenvalue weighted by Crippen LogP contribution is -2.31. The van der Waals surface area contributed by atoms with E-state index in [1.807, 2.05) is 26.0 Å². The molecule has 1 aromatic rings. The van der Waals surface area contributed by atoms with Crippen LogP contribution in [0, 0.1) is 5.92 Å². The van der Waals surface area contributed by atoms with Crippen LogP contribution in [0.25, 0.3) is 0 Å². The summed E-state index contributed by atoms with van der Waals surface area (Å²) in [5.41, 5.74) is 1.23. The van der Waals surface area contributed by atoms with Gasteiger partial charge in [0.1, 0.15) is 5.75 Å². The Bertz CT molecular complexity index is 532. The molecule has 1 saturated heterocycles. The third-order valence-electron chi connectivity index (χ3n) is 4.30. The second kappa shape index (κ2) is 7.62. The highest BCUT2D eigenvalue weighted by molar-refractivity contribution is 6.01. The molecule has 0 aliphatic carbocycles. The summed E-state index contributed by atoms with van der Waals surface area (Å²) in [4.78, 5) is 24.9. The van der Waals surface area contributed by atoms with Crippen molar-refractivity contribution in [2.24, 2.45) is 5.92 Å². The van der Waals surface area contributed by atoms with Crippen molar-refractivity contribution in [3.8, 4) is 5.75 Å². The Kier molecular flexibility index (Phi) is 5.80. The van der Waals surface area contributed by atoms with Crippen molar-refractivity contribution >= 4 is 11.8 Å². The maximum atomic E-state index is 11.7. The summed E-state index contributed by atoms with van der Waals surface area (Å²) >= 11 is 0. The van der Waals surface area contributed by atoms with Crippen molar-refractivity contribution < 1.29 is 14.3 Å². The molecule has 4 nitrogen and oxygen atoms in total. The SMILES string of the molecule is CC(C)Oc1ccc([C@@H](CCN2C(=O)CCC2=O)C(C)C)cc1. The number of nitrogens with zero attached hydrogens (tertiary/aromatic N) is 1. The van der Waals surface area contributed by atoms with Crippen molar-refractivity contribution in [3.63, 3.8) is 0 Å². The molecule has 1 aliphatic rings. The number of imide groups is 1. The summed E-state index contributed by atoms with van der Waals surface area (Å²) in [6.07, 6.45) is 1.70. The van der Waals surface area contributed by atoms with E-state index >= 15 is 0 Å². The average molecular weight is 317 g/mol. The lowest BCUT2D eigenvalue weighted by molar-refractivity contribution is -0.138. The minimum Gasteiger partial charge on any atom is -0.491 e. The molecule has 2 rings (SSSR count). The Hall–Kier alpha value is -1.84. The van der Waals surface area contributed by atoms with Crippen molar-refractivity contribution in [1.82, 2.24) is 4.90 Å². The zero-order valence-electron chi connectivity index (χ0n) is 14.5. The smallest absolute Gasteiger partial charge is 0.229 e. The van der Waals surface area contributed by atoms with Crippen LogP contribution in [0.3, 0.4) is 0 Å². The lowest BCUT2D eigenvalue weighted by Gasteiger charge is -2.24. The molecular formula is C19H27NO3. The highest BCUT2D eigenvalue weighted by Crippen LogP contribution is 2.30. The minimum absolute atomic E-state index is 0.0295. The Labute approximate surface area is 138 Å². The fraction of sp³-hybridized carbons (Fsp3) is 0.579. The van der Waals surface area contributed by atoms with Gasteiger partial charge in [-0.2, -0.15) is 0 Å². The van der Waals surface area contributed by atoms with Crippen LogP contribution in [0.5, 0.6) is 5.75 Å². The highest BCUT2D eigenvalue weighted by Gasteiger charge is 2.29. The molecule has 1 fully saturated rings. The van der Waals surface area contributed by atoms with Gasteiger partial charge in [-0.25, -0.2) is 0 Å². The van der Waals surface area contributed by atoms with Gasteiger partial charge >= 0.3 is 0 Å². The Morgan fingerprint density at radius 2 is 1.57 bits per heavy atom. The molecule has 0 unspecified atom stereocenters. The van der Waals surface area contributed by atoms with Gasteiger partial charge in [-0.3, -0.25) is 14.5 Å². The third-order valence-corrected chi connectivity index (χ3v) is 4.30. The molecule has 4 heteroatoms. The maximum Gasteiger partial charge on any atom is 0.229 e. The Balaban J connectivity index is 2.03. The van der Waals surface area contributed by atoms with Gasteiger partial charge in [0.2, 0.25) is 11.8 Å². The molecule has 126 valence electrons. The maximum absolute atomic E-state index is 11.7. The highest BCUT2D eigenvalue weighted by atomic mass is 16.5. The first-order valence-corrected chi connectivity index (χ1v) is 8.48. The first kappa shape index (κ1) is 17.5. The van der Waals surface area contributed by atoms with E-state index in [0.717, 1.165) is 12.2 Å². The number of hydrogen-bond acceptors (Lipinski definition) is 3. The summed E-state index contributed by atoms with van der Waals surface area (Å²) in [5.74, 6) is 1.58. The zero-order valence-corrected chi connectivity index (χ0v) is 14.5. The van der Waals surface area contributed by atoms with E-state index in [1.54, 1.807) is 0 Å². The summed E-state index contributed by atoms with van der Waals surface area (Å²) in [6.45, 7) is 8.89. The molecule has 1 aliphatic heterocycles. The van der Waals surface area contributed by atoms with E-state index in [4.69, 9.17) is 4.74 Å². The van der Waals surface area contributed by atoms with Gasteiger partial charge in [0.15, 0.2) is 0 Å². The fourth-order valence-corrected chi connectivity index (χ4v) is 3.09. The van der Waals surface area contributed by atoms with Crippen molar-refractivity contribution in [2.75, 3.05) is 6.54 Å². The zero-order chi connectivity index (χ0) is 17.0. The van der Waals surface area contributed by atoms with Gasteiger partial charge in [0, 0.05) is 19.4 Å². The molecule has 0 saturated carbocycles. The number of carbonyl (C=O) groups is 2. The number of carbonyl (C=O) groups excluding carboxylic acids is 2. The lowest BCUT2D eigenvalue weighted by atomic mass is 9.85. The first-order chi connectivity index (χ1) is 10.9. The predicted octanol–water partition coefficient (Wildman–Crippen LogP) is 3.75. The molecule has 0 N–H and O–H groups in total. The molecular weight excluding hydrogens is 290 g/mol. The molecule has 1 aromatic carbocycles. The van der Waals surface area contributed by atoms with Crippen molar-refractivity contribution in [2.45, 2.75) is 59.0 Å². The van der Waals surface area contributed by atoms with E-state index in [-0.39, 0.29) is 17.9 Å². The van der Waals surface area contributed by atoms with Crippen LogP contribution in [0.15, 0.2) is 24.3 Å². The average Bonchev–Trinajstić information content (AvgIpc) is 2.79. The standard InChI is InChI=1S/C19H27NO3/c1-13(2)17(11-12-20-18(21)9-10-19(20)22)15-5-7-16(8-6-15)23-14(3)4/h5-8,13-14,17H,9-12H2,1-4H3/t17-/m0/s1. The van der Waals surface area contributed by atoms with Gasteiger partial charge in [0.25, 0.3) is 0 Å². The molecule has 23 heavy (non-hydrogen) atoms. The first-order valence-electron chi connectivity index (χ1n) is 8.48. The number of likely N-dealkylation sites (tertiary alicyclic amines) is 1. The molecule has 0 spiro atoms. The fourth-order valence-electron chi connectivity index (χ4n) is 3.09. The van der Waals surface area contributed by atoms with E-state index in [0.29, 0.717) is 31.2 Å². The predicted molar refractivity (Wildman–Crippen MR) is 90.4 cm³/mol. The second-order valence-electron chi connectivity index (χ2n) is 6.81. The van der Waals surface area contributed by atoms with Gasteiger partial charge in [-0.05, 0) is 49.8 Å². The van der Waals surface area contributed by atoms with E-state index < -0.39 is 0 Å². The van der Waals surface area contributed by atoms with E-state index in [9.17, 15) is 9.59 Å². The summed E-state index contributed by atoms with van der Waals surface area (Å²) in [6, 6.07) is 8.18. The summed E-state index contributed by atoms with van der Waals surface area (Å²) < 4.78 is 5.68. The van der Waals surface area contributed by atoms with Crippen LogP contribution < -0.4 is 4.74 Å². The molecule has 0 bridgehead atoms. The van der Waals surface area contributed by atoms with E-state index in [1.165, 1.54) is 10.5 Å². The number of ether oxygens (including phenoxy) is 1. The molecule has 0 aromatic heterocycles. The number of amides is 2. The Morgan fingerprint density at radius 3 is 2.04 bits per heavy atom. The quantitative estimate of drug-likeness (QED) is 0.720. The second-order valence-corrected chi connectivity index (χ2v) is 6.81. The summed E-state index contributed by atoms with van der Waals surface area (Å²) in [5, 5.41) is 0. The topological polar surface area (TPSA) is 46.6 Å². The minimum atomic E-state index is -0.0295. The monoisotopic (exact) mass is 317 g/mol. The van der Waals surface area contributed by atoms with Crippen LogP contribution in [0.4, 0.5) is 0 Å². The largest absolute Gasteiger partial charge is 0.491 e. The van der Waals surface area contributed by atoms with Crippen molar-refractivity contribution in [3.05, 3.63) is 29.8 Å². The van der Waals surface area contributed by atoms with Crippen LogP contribution in [0.2, 0.25) is 0 Å².